The number of carbonyl (C=O) groups is 2. The number of aromatic nitrogens is 2. The van der Waals surface area contributed by atoms with Gasteiger partial charge in [0.15, 0.2) is 0 Å². The second-order valence-corrected chi connectivity index (χ2v) is 3.98. The predicted molar refractivity (Wildman–Crippen MR) is 88.0 cm³/mol. The fraction of sp³-hybridized carbons (Fsp3) is 0. The summed E-state index contributed by atoms with van der Waals surface area (Å²) in [5.74, 6) is -2.68. The molecule has 2 heterocycles. The molecule has 8 nitrogen and oxygen atoms in total. The monoisotopic (exact) mass is 460 g/mol. The number of isothiocyanates is 2. The first-order valence-electron chi connectivity index (χ1n) is 5.78. The molecule has 0 atom stereocenters. The molecular formula is C14H6N4O4RuS2. The minimum absolute atomic E-state index is 0. The van der Waals surface area contributed by atoms with Crippen LogP contribution in [-0.2, 0) is 19.5 Å². The molecule has 0 saturated heterocycles. The van der Waals surface area contributed by atoms with Gasteiger partial charge in [-0.15, -0.1) is 0 Å². The zero-order valence-corrected chi connectivity index (χ0v) is 15.4. The van der Waals surface area contributed by atoms with Gasteiger partial charge in [0, 0.05) is 23.5 Å². The first-order valence-corrected chi connectivity index (χ1v) is 6.60. The Morgan fingerprint density at radius 3 is 1.40 bits per heavy atom. The van der Waals surface area contributed by atoms with Gasteiger partial charge in [0.25, 0.3) is 0 Å². The quantitative estimate of drug-likeness (QED) is 0.358. The number of rotatable bonds is 3. The molecule has 0 bridgehead atoms. The second-order valence-electron chi connectivity index (χ2n) is 3.62. The summed E-state index contributed by atoms with van der Waals surface area (Å²) in [6.45, 7) is 0. The summed E-state index contributed by atoms with van der Waals surface area (Å²) < 4.78 is 0. The summed E-state index contributed by atoms with van der Waals surface area (Å²) in [6.07, 6.45) is 2.57. The van der Waals surface area contributed by atoms with Crippen LogP contribution < -0.4 is 10.2 Å². The molecule has 0 aromatic carbocycles. The van der Waals surface area contributed by atoms with E-state index in [1.165, 1.54) is 47.0 Å². The third-order valence-corrected chi connectivity index (χ3v) is 2.25. The molecule has 2 aromatic rings. The summed E-state index contributed by atoms with van der Waals surface area (Å²) in [4.78, 5) is 29.2. The molecule has 0 N–H and O–H groups in total. The average molecular weight is 459 g/mol. The molecule has 11 heteroatoms. The summed E-state index contributed by atoms with van der Waals surface area (Å²) in [5.41, 5.74) is 0.390. The molecule has 126 valence electrons. The molecule has 0 unspecified atom stereocenters. The fourth-order valence-electron chi connectivity index (χ4n) is 1.40. The Bertz CT molecular complexity index is 737. The molecule has 0 aliphatic carbocycles. The van der Waals surface area contributed by atoms with Crippen molar-refractivity contribution in [2.75, 3.05) is 0 Å². The maximum Gasteiger partial charge on any atom is 4.00 e. The minimum atomic E-state index is -1.34. The van der Waals surface area contributed by atoms with Gasteiger partial charge in [-0.05, 0) is 24.3 Å². The number of carboxylic acid groups (broad SMARTS) is 2. The van der Waals surface area contributed by atoms with E-state index in [0.29, 0.717) is 0 Å². The molecule has 25 heavy (non-hydrogen) atoms. The third kappa shape index (κ3) is 9.37. The van der Waals surface area contributed by atoms with Crippen LogP contribution in [-0.4, -0.2) is 32.2 Å². The molecule has 0 saturated carbocycles. The number of aromatic carboxylic acids is 2. The number of carbonyl (C=O) groups excluding carboxylic acids is 2. The van der Waals surface area contributed by atoms with Gasteiger partial charge in [-0.1, -0.05) is 24.4 Å². The first-order chi connectivity index (χ1) is 11.4. The van der Waals surface area contributed by atoms with Gasteiger partial charge < -0.3 is 30.6 Å². The van der Waals surface area contributed by atoms with Gasteiger partial charge in [-0.25, -0.2) is 0 Å². The summed E-state index contributed by atoms with van der Waals surface area (Å²) in [5, 5.41) is 38.3. The Hall–Kier alpha value is -2.54. The fourth-order valence-corrected chi connectivity index (χ4v) is 1.40. The maximum absolute atomic E-state index is 10.7. The molecule has 2 aromatic heterocycles. The van der Waals surface area contributed by atoms with Crippen LogP contribution in [0.5, 0.6) is 0 Å². The standard InChI is InChI=1S/C12H8N2O4.2CNS.Ru/c15-11(16)7-1-3-13-9(5-7)10-6-8(12(17)18)2-4-14-10;2*2-1-3;/h1-6H,(H,15,16)(H,17,18);;;/q;2*-1;+4/p-2. The van der Waals surface area contributed by atoms with E-state index < -0.39 is 11.9 Å². The Labute approximate surface area is 165 Å². The predicted octanol–water partition coefficient (Wildman–Crippen LogP) is 0.185. The molecular weight excluding hydrogens is 453 g/mol. The topological polar surface area (TPSA) is 151 Å². The van der Waals surface area contributed by atoms with E-state index in [9.17, 15) is 19.8 Å². The van der Waals surface area contributed by atoms with Crippen molar-refractivity contribution in [3.05, 3.63) is 58.6 Å². The van der Waals surface area contributed by atoms with E-state index >= 15 is 0 Å². The van der Waals surface area contributed by atoms with Crippen LogP contribution >= 0.6 is 24.4 Å². The van der Waals surface area contributed by atoms with Gasteiger partial charge in [-0.3, -0.25) is 9.97 Å². The smallest absolute Gasteiger partial charge is 0.753 e. The van der Waals surface area contributed by atoms with Crippen molar-refractivity contribution in [3.8, 4) is 11.4 Å². The van der Waals surface area contributed by atoms with Crippen LogP contribution in [0.4, 0.5) is 0 Å². The van der Waals surface area contributed by atoms with Crippen LogP contribution in [0.2, 0.25) is 0 Å². The zero-order chi connectivity index (χ0) is 18.5. The molecule has 0 radical (unpaired) electrons. The van der Waals surface area contributed by atoms with E-state index in [2.05, 4.69) is 34.4 Å². The van der Waals surface area contributed by atoms with Crippen LogP contribution in [0.3, 0.4) is 0 Å². The van der Waals surface area contributed by atoms with Crippen molar-refractivity contribution in [2.24, 2.45) is 0 Å². The molecule has 0 amide bonds. The van der Waals surface area contributed by atoms with E-state index in [1.807, 2.05) is 0 Å². The summed E-state index contributed by atoms with van der Waals surface area (Å²) in [6, 6.07) is 5.08. The number of nitrogens with zero attached hydrogens (tertiary/aromatic N) is 4. The van der Waals surface area contributed by atoms with Crippen LogP contribution in [0.15, 0.2) is 36.7 Å². The van der Waals surface area contributed by atoms with Gasteiger partial charge >= 0.3 is 19.5 Å². The zero-order valence-electron chi connectivity index (χ0n) is 12.1. The van der Waals surface area contributed by atoms with Crippen molar-refractivity contribution in [1.29, 1.82) is 0 Å². The number of hydrogen-bond donors (Lipinski definition) is 0. The third-order valence-electron chi connectivity index (χ3n) is 2.25. The van der Waals surface area contributed by atoms with E-state index in [-0.39, 0.29) is 42.0 Å². The van der Waals surface area contributed by atoms with Crippen molar-refractivity contribution >= 4 is 46.7 Å². The van der Waals surface area contributed by atoms with Crippen molar-refractivity contribution in [1.82, 2.24) is 9.97 Å². The maximum atomic E-state index is 10.7. The first kappa shape index (κ1) is 24.7. The summed E-state index contributed by atoms with van der Waals surface area (Å²) in [7, 11) is 0. The normalized spacial score (nSPS) is 7.84. The molecule has 0 aliphatic heterocycles. The molecule has 0 aliphatic rings. The SMILES string of the molecule is O=C([O-])c1ccnc(-c2cc(C(=O)[O-])ccn2)c1.[N-]=C=S.[N-]=C=S.[Ru+4]. The van der Waals surface area contributed by atoms with Crippen LogP contribution in [0.25, 0.3) is 22.2 Å². The van der Waals surface area contributed by atoms with Crippen LogP contribution in [0, 0.1) is 0 Å². The van der Waals surface area contributed by atoms with Gasteiger partial charge in [-0.2, -0.15) is 10.3 Å². The van der Waals surface area contributed by atoms with Crippen LogP contribution in [0.1, 0.15) is 20.7 Å². The summed E-state index contributed by atoms with van der Waals surface area (Å²) >= 11 is 7.40. The Morgan fingerprint density at radius 2 is 1.16 bits per heavy atom. The number of carboxylic acids is 2. The van der Waals surface area contributed by atoms with E-state index in [4.69, 9.17) is 10.8 Å². The number of hydrogen-bond acceptors (Lipinski definition) is 8. The van der Waals surface area contributed by atoms with Gasteiger partial charge in [0.05, 0.1) is 23.3 Å². The van der Waals surface area contributed by atoms with Gasteiger partial charge in [0.1, 0.15) is 0 Å². The Balaban J connectivity index is 0. The van der Waals surface area contributed by atoms with Crippen molar-refractivity contribution in [3.63, 3.8) is 0 Å². The van der Waals surface area contributed by atoms with Gasteiger partial charge in [0.2, 0.25) is 0 Å². The minimum Gasteiger partial charge on any atom is -0.753 e. The Morgan fingerprint density at radius 1 is 0.880 bits per heavy atom. The van der Waals surface area contributed by atoms with Crippen molar-refractivity contribution < 1.29 is 39.3 Å². The largest absolute Gasteiger partial charge is 4.00 e. The molecule has 2 rings (SSSR count). The number of thiocarbonyl (C=S) groups is 2. The molecule has 0 fully saturated rings. The molecule has 0 spiro atoms. The average Bonchev–Trinajstić information content (AvgIpc) is 2.56. The van der Waals surface area contributed by atoms with E-state index in [1.54, 1.807) is 0 Å². The van der Waals surface area contributed by atoms with E-state index in [0.717, 1.165) is 0 Å². The Kier molecular flexibility index (Phi) is 13.7. The second kappa shape index (κ2) is 13.9. The van der Waals surface area contributed by atoms with Crippen molar-refractivity contribution in [2.45, 2.75) is 0 Å². The number of pyridine rings is 2.